The summed E-state index contributed by atoms with van der Waals surface area (Å²) in [4.78, 5) is 14.6. The fourth-order valence-corrected chi connectivity index (χ4v) is 1.86. The van der Waals surface area contributed by atoms with Gasteiger partial charge >= 0.3 is 5.69 Å². The molecule has 104 valence electrons. The van der Waals surface area contributed by atoms with Crippen LogP contribution in [0.4, 0.5) is 5.69 Å². The summed E-state index contributed by atoms with van der Waals surface area (Å²) >= 11 is 3.35. The summed E-state index contributed by atoms with van der Waals surface area (Å²) in [5.41, 5.74) is 0.765. The SMILES string of the molecule is COc1ccc([N+](=O)[O-])c(Oc2nccc(C)c2Br)c1. The lowest BCUT2D eigenvalue weighted by Gasteiger charge is -2.09. The number of aromatic nitrogens is 1. The van der Waals surface area contributed by atoms with Crippen LogP contribution in [-0.4, -0.2) is 17.0 Å². The lowest BCUT2D eigenvalue weighted by molar-refractivity contribution is -0.385. The fourth-order valence-electron chi connectivity index (χ4n) is 1.54. The van der Waals surface area contributed by atoms with E-state index in [0.717, 1.165) is 5.56 Å². The normalized spacial score (nSPS) is 10.2. The van der Waals surface area contributed by atoms with Crippen molar-refractivity contribution in [1.29, 1.82) is 0 Å². The average molecular weight is 339 g/mol. The van der Waals surface area contributed by atoms with Crippen molar-refractivity contribution in [3.63, 3.8) is 0 Å². The highest BCUT2D eigenvalue weighted by Gasteiger charge is 2.18. The largest absolute Gasteiger partial charge is 0.497 e. The van der Waals surface area contributed by atoms with Crippen molar-refractivity contribution in [1.82, 2.24) is 4.98 Å². The summed E-state index contributed by atoms with van der Waals surface area (Å²) < 4.78 is 11.2. The summed E-state index contributed by atoms with van der Waals surface area (Å²) in [7, 11) is 1.48. The standard InChI is InChI=1S/C13H11BrN2O4/c1-8-5-6-15-13(12(8)14)20-11-7-9(19-2)3-4-10(11)16(17)18/h3-7H,1-2H3. The molecule has 0 saturated heterocycles. The van der Waals surface area contributed by atoms with Gasteiger partial charge in [-0.25, -0.2) is 4.98 Å². The number of nitro benzene ring substituents is 1. The molecule has 0 aliphatic rings. The van der Waals surface area contributed by atoms with Gasteiger partial charge in [0.1, 0.15) is 5.75 Å². The van der Waals surface area contributed by atoms with Crippen LogP contribution in [0.2, 0.25) is 0 Å². The molecule has 7 heteroatoms. The monoisotopic (exact) mass is 338 g/mol. The van der Waals surface area contributed by atoms with Crippen LogP contribution >= 0.6 is 15.9 Å². The van der Waals surface area contributed by atoms with E-state index < -0.39 is 4.92 Å². The molecule has 0 saturated carbocycles. The molecule has 0 N–H and O–H groups in total. The van der Waals surface area contributed by atoms with Gasteiger partial charge in [0.2, 0.25) is 11.6 Å². The van der Waals surface area contributed by atoms with Gasteiger partial charge in [-0.15, -0.1) is 0 Å². The Morgan fingerprint density at radius 3 is 2.75 bits per heavy atom. The molecule has 20 heavy (non-hydrogen) atoms. The average Bonchev–Trinajstić information content (AvgIpc) is 2.43. The molecule has 2 aromatic rings. The van der Waals surface area contributed by atoms with Crippen LogP contribution in [0.1, 0.15) is 5.56 Å². The van der Waals surface area contributed by atoms with Crippen molar-refractivity contribution in [2.45, 2.75) is 6.92 Å². The molecule has 6 nitrogen and oxygen atoms in total. The van der Waals surface area contributed by atoms with E-state index in [0.29, 0.717) is 10.2 Å². The molecule has 1 heterocycles. The molecular formula is C13H11BrN2O4. The Labute approximate surface area is 123 Å². The van der Waals surface area contributed by atoms with E-state index >= 15 is 0 Å². The van der Waals surface area contributed by atoms with E-state index in [1.54, 1.807) is 12.3 Å². The van der Waals surface area contributed by atoms with Gasteiger partial charge in [0.15, 0.2) is 0 Å². The van der Waals surface area contributed by atoms with Gasteiger partial charge in [0.25, 0.3) is 0 Å². The van der Waals surface area contributed by atoms with Crippen LogP contribution in [0.3, 0.4) is 0 Å². The highest BCUT2D eigenvalue weighted by Crippen LogP contribution is 2.36. The van der Waals surface area contributed by atoms with E-state index in [9.17, 15) is 10.1 Å². The number of nitrogens with zero attached hydrogens (tertiary/aromatic N) is 2. The first-order valence-corrected chi connectivity index (χ1v) is 6.43. The highest BCUT2D eigenvalue weighted by molar-refractivity contribution is 9.10. The molecule has 1 aromatic heterocycles. The maximum absolute atomic E-state index is 11.0. The van der Waals surface area contributed by atoms with Gasteiger partial charge in [0, 0.05) is 18.3 Å². The highest BCUT2D eigenvalue weighted by atomic mass is 79.9. The van der Waals surface area contributed by atoms with Crippen LogP contribution in [0.15, 0.2) is 34.9 Å². The number of hydrogen-bond acceptors (Lipinski definition) is 5. The fraction of sp³-hybridized carbons (Fsp3) is 0.154. The maximum atomic E-state index is 11.0. The molecule has 0 amide bonds. The molecule has 0 fully saturated rings. The van der Waals surface area contributed by atoms with Gasteiger partial charge in [-0.2, -0.15) is 0 Å². The lowest BCUT2D eigenvalue weighted by atomic mass is 10.2. The summed E-state index contributed by atoms with van der Waals surface area (Å²) in [6, 6.07) is 6.09. The molecule has 0 unspecified atom stereocenters. The second kappa shape index (κ2) is 5.87. The number of rotatable bonds is 4. The van der Waals surface area contributed by atoms with Gasteiger partial charge < -0.3 is 9.47 Å². The number of halogens is 1. The second-order valence-electron chi connectivity index (χ2n) is 3.94. The van der Waals surface area contributed by atoms with E-state index in [1.807, 2.05) is 6.92 Å². The molecule has 0 spiro atoms. The van der Waals surface area contributed by atoms with Gasteiger partial charge in [0.05, 0.1) is 16.5 Å². The van der Waals surface area contributed by atoms with E-state index in [2.05, 4.69) is 20.9 Å². The summed E-state index contributed by atoms with van der Waals surface area (Å²) in [5, 5.41) is 11.0. The van der Waals surface area contributed by atoms with E-state index in [4.69, 9.17) is 9.47 Å². The van der Waals surface area contributed by atoms with Crippen molar-refractivity contribution in [3.05, 3.63) is 50.6 Å². The first-order chi connectivity index (χ1) is 9.52. The maximum Gasteiger partial charge on any atom is 0.311 e. The zero-order chi connectivity index (χ0) is 14.7. The first-order valence-electron chi connectivity index (χ1n) is 5.64. The van der Waals surface area contributed by atoms with Crippen LogP contribution in [0.5, 0.6) is 17.4 Å². The number of methoxy groups -OCH3 is 1. The van der Waals surface area contributed by atoms with Crippen LogP contribution in [0, 0.1) is 17.0 Å². The van der Waals surface area contributed by atoms with E-state index in [1.165, 1.54) is 25.3 Å². The zero-order valence-electron chi connectivity index (χ0n) is 10.8. The van der Waals surface area contributed by atoms with Crippen molar-refractivity contribution in [3.8, 4) is 17.4 Å². The molecule has 0 bridgehead atoms. The minimum Gasteiger partial charge on any atom is -0.497 e. The Bertz CT molecular complexity index is 661. The summed E-state index contributed by atoms with van der Waals surface area (Å²) in [5.74, 6) is 0.809. The Hall–Kier alpha value is -2.15. The number of hydrogen-bond donors (Lipinski definition) is 0. The van der Waals surface area contributed by atoms with Crippen LogP contribution in [-0.2, 0) is 0 Å². The van der Waals surface area contributed by atoms with Gasteiger partial charge in [-0.3, -0.25) is 10.1 Å². The zero-order valence-corrected chi connectivity index (χ0v) is 12.4. The summed E-state index contributed by atoms with van der Waals surface area (Å²) in [6.07, 6.45) is 1.57. The van der Waals surface area contributed by atoms with Crippen LogP contribution < -0.4 is 9.47 Å². The first kappa shape index (κ1) is 14.3. The Morgan fingerprint density at radius 1 is 1.35 bits per heavy atom. The third-order valence-corrected chi connectivity index (χ3v) is 3.59. The Kier molecular flexibility index (Phi) is 4.19. The summed E-state index contributed by atoms with van der Waals surface area (Å²) in [6.45, 7) is 1.87. The third kappa shape index (κ3) is 2.88. The number of ether oxygens (including phenoxy) is 2. The molecule has 2 rings (SSSR count). The molecule has 0 atom stereocenters. The number of benzene rings is 1. The predicted molar refractivity (Wildman–Crippen MR) is 76.4 cm³/mol. The van der Waals surface area contributed by atoms with Gasteiger partial charge in [-0.05, 0) is 40.5 Å². The Balaban J connectivity index is 2.46. The lowest BCUT2D eigenvalue weighted by Crippen LogP contribution is -1.96. The van der Waals surface area contributed by atoms with Crippen molar-refractivity contribution >= 4 is 21.6 Å². The number of nitro groups is 1. The minimum absolute atomic E-state index is 0.0770. The number of aryl methyl sites for hydroxylation is 1. The Morgan fingerprint density at radius 2 is 2.10 bits per heavy atom. The molecule has 1 aromatic carbocycles. The van der Waals surface area contributed by atoms with Crippen molar-refractivity contribution in [2.24, 2.45) is 0 Å². The molecule has 0 aliphatic carbocycles. The molecule has 0 aliphatic heterocycles. The topological polar surface area (TPSA) is 74.5 Å². The van der Waals surface area contributed by atoms with Crippen LogP contribution in [0.25, 0.3) is 0 Å². The van der Waals surface area contributed by atoms with E-state index in [-0.39, 0.29) is 17.3 Å². The molecular weight excluding hydrogens is 328 g/mol. The third-order valence-electron chi connectivity index (χ3n) is 2.62. The van der Waals surface area contributed by atoms with Crippen molar-refractivity contribution < 1.29 is 14.4 Å². The smallest absolute Gasteiger partial charge is 0.311 e. The second-order valence-corrected chi connectivity index (χ2v) is 4.73. The van der Waals surface area contributed by atoms with Crippen molar-refractivity contribution in [2.75, 3.05) is 7.11 Å². The van der Waals surface area contributed by atoms with Gasteiger partial charge in [-0.1, -0.05) is 0 Å². The molecule has 0 radical (unpaired) electrons. The number of pyridine rings is 1. The minimum atomic E-state index is -0.515. The quantitative estimate of drug-likeness (QED) is 0.625. The predicted octanol–water partition coefficient (Wildman–Crippen LogP) is 3.86.